The zero-order valence-electron chi connectivity index (χ0n) is 14.1. The first kappa shape index (κ1) is 23.9. The molecule has 0 fully saturated rings. The molecule has 0 aliphatic heterocycles. The molecule has 0 amide bonds. The van der Waals surface area contributed by atoms with Crippen LogP contribution < -0.4 is 10.6 Å². The normalized spacial score (nSPS) is 11.1. The van der Waals surface area contributed by atoms with E-state index in [1.165, 1.54) is 5.56 Å². The number of ether oxygens (including phenoxy) is 2. The zero-order chi connectivity index (χ0) is 16.9. The van der Waals surface area contributed by atoms with E-state index in [9.17, 15) is 0 Å². The first-order valence-corrected chi connectivity index (χ1v) is 8.79. The molecule has 5 nitrogen and oxygen atoms in total. The van der Waals surface area contributed by atoms with Gasteiger partial charge in [0.2, 0.25) is 0 Å². The van der Waals surface area contributed by atoms with Crippen LogP contribution in [0.2, 0.25) is 5.02 Å². The summed E-state index contributed by atoms with van der Waals surface area (Å²) in [5.41, 5.74) is 1.17. The van der Waals surface area contributed by atoms with Gasteiger partial charge in [-0.05, 0) is 36.6 Å². The maximum absolute atomic E-state index is 6.02. The Bertz CT molecular complexity index is 492. The molecular weight excluding hydrogens is 508 g/mol. The summed E-state index contributed by atoms with van der Waals surface area (Å²) < 4.78 is 11.4. The topological polar surface area (TPSA) is 54.9 Å². The second kappa shape index (κ2) is 15.2. The summed E-state index contributed by atoms with van der Waals surface area (Å²) in [4.78, 5) is 4.20. The lowest BCUT2D eigenvalue weighted by molar-refractivity contribution is 0.0698. The average molecular weight is 535 g/mol. The Hall–Kier alpha value is -0.0900. The Morgan fingerprint density at radius 1 is 1.21 bits per heavy atom. The van der Waals surface area contributed by atoms with E-state index in [-0.39, 0.29) is 24.0 Å². The molecule has 0 spiro atoms. The SMILES string of the molecule is CN=C(NCCCOCCOC)NCCc1cc(Cl)ccc1Br.I. The number of methoxy groups -OCH3 is 1. The molecule has 24 heavy (non-hydrogen) atoms. The van der Waals surface area contributed by atoms with Gasteiger partial charge in [0, 0.05) is 43.3 Å². The van der Waals surface area contributed by atoms with Crippen molar-refractivity contribution in [1.82, 2.24) is 10.6 Å². The number of hydrogen-bond donors (Lipinski definition) is 2. The minimum atomic E-state index is 0. The van der Waals surface area contributed by atoms with Crippen molar-refractivity contribution in [2.45, 2.75) is 12.8 Å². The third-order valence-corrected chi connectivity index (χ3v) is 4.12. The molecule has 0 unspecified atom stereocenters. The van der Waals surface area contributed by atoms with Gasteiger partial charge in [0.15, 0.2) is 5.96 Å². The van der Waals surface area contributed by atoms with E-state index in [0.717, 1.165) is 41.4 Å². The maximum atomic E-state index is 6.02. The van der Waals surface area contributed by atoms with Gasteiger partial charge < -0.3 is 20.1 Å². The lowest BCUT2D eigenvalue weighted by Crippen LogP contribution is -2.39. The van der Waals surface area contributed by atoms with Crippen LogP contribution in [0.3, 0.4) is 0 Å². The van der Waals surface area contributed by atoms with E-state index in [1.54, 1.807) is 14.2 Å². The van der Waals surface area contributed by atoms with Gasteiger partial charge in [-0.25, -0.2) is 0 Å². The van der Waals surface area contributed by atoms with Crippen LogP contribution in [0.1, 0.15) is 12.0 Å². The van der Waals surface area contributed by atoms with Crippen molar-refractivity contribution in [3.05, 3.63) is 33.3 Å². The van der Waals surface area contributed by atoms with Crippen LogP contribution in [0.15, 0.2) is 27.7 Å². The fraction of sp³-hybridized carbons (Fsp3) is 0.562. The summed E-state index contributed by atoms with van der Waals surface area (Å²) in [5.74, 6) is 0.792. The molecule has 0 atom stereocenters. The molecule has 8 heteroatoms. The van der Waals surface area contributed by atoms with Gasteiger partial charge >= 0.3 is 0 Å². The summed E-state index contributed by atoms with van der Waals surface area (Å²) in [6, 6.07) is 5.81. The van der Waals surface area contributed by atoms with Gasteiger partial charge in [-0.1, -0.05) is 27.5 Å². The Kier molecular flexibility index (Phi) is 15.1. The highest BCUT2D eigenvalue weighted by atomic mass is 127. The zero-order valence-corrected chi connectivity index (χ0v) is 18.8. The van der Waals surface area contributed by atoms with Gasteiger partial charge in [-0.15, -0.1) is 24.0 Å². The Morgan fingerprint density at radius 3 is 2.67 bits per heavy atom. The highest BCUT2D eigenvalue weighted by Crippen LogP contribution is 2.21. The van der Waals surface area contributed by atoms with Gasteiger partial charge in [0.05, 0.1) is 13.2 Å². The molecule has 1 rings (SSSR count). The summed E-state index contributed by atoms with van der Waals surface area (Å²) in [5, 5.41) is 7.30. The molecule has 0 heterocycles. The number of rotatable bonds is 10. The van der Waals surface area contributed by atoms with Crippen LogP contribution in [-0.2, 0) is 15.9 Å². The molecule has 138 valence electrons. The lowest BCUT2D eigenvalue weighted by Gasteiger charge is -2.12. The molecule has 1 aromatic carbocycles. The monoisotopic (exact) mass is 533 g/mol. The Labute approximate surface area is 175 Å². The third kappa shape index (κ3) is 10.7. The first-order valence-electron chi connectivity index (χ1n) is 7.62. The predicted octanol–water partition coefficient (Wildman–Crippen LogP) is 3.48. The highest BCUT2D eigenvalue weighted by Gasteiger charge is 2.02. The highest BCUT2D eigenvalue weighted by molar-refractivity contribution is 14.0. The van der Waals surface area contributed by atoms with Crippen LogP contribution in [0.5, 0.6) is 0 Å². The molecular formula is C16H26BrClIN3O2. The Balaban J connectivity index is 0.00000529. The third-order valence-electron chi connectivity index (χ3n) is 3.11. The number of hydrogen-bond acceptors (Lipinski definition) is 3. The summed E-state index contributed by atoms with van der Waals surface area (Å²) >= 11 is 9.56. The molecule has 0 radical (unpaired) electrons. The number of nitrogens with zero attached hydrogens (tertiary/aromatic N) is 1. The van der Waals surface area contributed by atoms with Gasteiger partial charge in [0.1, 0.15) is 0 Å². The standard InChI is InChI=1S/C16H25BrClN3O2.HI/c1-19-16(20-7-3-9-23-11-10-22-2)21-8-6-13-12-14(18)4-5-15(13)17;/h4-5,12H,3,6-11H2,1-2H3,(H2,19,20,21);1H. The summed E-state index contributed by atoms with van der Waals surface area (Å²) in [6.07, 6.45) is 1.78. The molecule has 0 saturated heterocycles. The number of benzene rings is 1. The van der Waals surface area contributed by atoms with E-state index in [2.05, 4.69) is 31.6 Å². The predicted molar refractivity (Wildman–Crippen MR) is 115 cm³/mol. The largest absolute Gasteiger partial charge is 0.382 e. The number of nitrogens with one attached hydrogen (secondary N) is 2. The van der Waals surface area contributed by atoms with Crippen molar-refractivity contribution in [2.75, 3.05) is 47.1 Å². The van der Waals surface area contributed by atoms with Gasteiger partial charge in [-0.3, -0.25) is 4.99 Å². The summed E-state index contributed by atoms with van der Waals surface area (Å²) in [7, 11) is 3.43. The van der Waals surface area contributed by atoms with Crippen molar-refractivity contribution in [3.8, 4) is 0 Å². The van der Waals surface area contributed by atoms with Crippen LogP contribution in [-0.4, -0.2) is 53.0 Å². The molecule has 0 aromatic heterocycles. The van der Waals surface area contributed by atoms with E-state index >= 15 is 0 Å². The molecule has 2 N–H and O–H groups in total. The van der Waals surface area contributed by atoms with Crippen LogP contribution >= 0.6 is 51.5 Å². The minimum Gasteiger partial charge on any atom is -0.382 e. The van der Waals surface area contributed by atoms with Crippen molar-refractivity contribution in [3.63, 3.8) is 0 Å². The minimum absolute atomic E-state index is 0. The van der Waals surface area contributed by atoms with Crippen LogP contribution in [0.4, 0.5) is 0 Å². The molecule has 0 aliphatic rings. The van der Waals surface area contributed by atoms with Gasteiger partial charge in [0.25, 0.3) is 0 Å². The van der Waals surface area contributed by atoms with Crippen molar-refractivity contribution >= 4 is 57.5 Å². The fourth-order valence-electron chi connectivity index (χ4n) is 1.90. The Morgan fingerprint density at radius 2 is 1.96 bits per heavy atom. The molecule has 0 aliphatic carbocycles. The van der Waals surface area contributed by atoms with E-state index in [1.807, 2.05) is 18.2 Å². The summed E-state index contributed by atoms with van der Waals surface area (Å²) in [6.45, 7) is 3.58. The first-order chi connectivity index (χ1) is 11.2. The van der Waals surface area contributed by atoms with Crippen molar-refractivity contribution in [2.24, 2.45) is 4.99 Å². The number of aliphatic imine (C=N–C) groups is 1. The van der Waals surface area contributed by atoms with Crippen molar-refractivity contribution < 1.29 is 9.47 Å². The van der Waals surface area contributed by atoms with E-state index in [4.69, 9.17) is 21.1 Å². The van der Waals surface area contributed by atoms with Gasteiger partial charge in [-0.2, -0.15) is 0 Å². The van der Waals surface area contributed by atoms with Crippen LogP contribution in [0, 0.1) is 0 Å². The van der Waals surface area contributed by atoms with Crippen molar-refractivity contribution in [1.29, 1.82) is 0 Å². The quantitative estimate of drug-likeness (QED) is 0.209. The van der Waals surface area contributed by atoms with E-state index < -0.39 is 0 Å². The lowest BCUT2D eigenvalue weighted by atomic mass is 10.1. The second-order valence-electron chi connectivity index (χ2n) is 4.87. The molecule has 0 bridgehead atoms. The molecule has 1 aromatic rings. The molecule has 0 saturated carbocycles. The second-order valence-corrected chi connectivity index (χ2v) is 6.16. The number of guanidine groups is 1. The fourth-order valence-corrected chi connectivity index (χ4v) is 2.54. The number of halogens is 3. The maximum Gasteiger partial charge on any atom is 0.190 e. The average Bonchev–Trinajstić information content (AvgIpc) is 2.55. The van der Waals surface area contributed by atoms with Crippen LogP contribution in [0.25, 0.3) is 0 Å². The smallest absolute Gasteiger partial charge is 0.190 e. The van der Waals surface area contributed by atoms with E-state index in [0.29, 0.717) is 19.8 Å².